The van der Waals surface area contributed by atoms with Gasteiger partial charge in [0.05, 0.1) is 76.2 Å². The summed E-state index contributed by atoms with van der Waals surface area (Å²) in [6.07, 6.45) is 1.88. The molecule has 0 atom stereocenters. The van der Waals surface area contributed by atoms with Gasteiger partial charge in [0.25, 0.3) is 0 Å². The zero-order valence-electron chi connectivity index (χ0n) is 49.1. The summed E-state index contributed by atoms with van der Waals surface area (Å²) in [7, 11) is 11.1. The number of ether oxygens (including phenoxy) is 6. The van der Waals surface area contributed by atoms with E-state index in [4.69, 9.17) is 28.4 Å². The van der Waals surface area contributed by atoms with Gasteiger partial charge in [0.2, 0.25) is 0 Å². The van der Waals surface area contributed by atoms with E-state index in [1.807, 2.05) is 103 Å². The number of rotatable bonds is 15. The average Bonchev–Trinajstić information content (AvgIpc) is 1.16. The van der Waals surface area contributed by atoms with Gasteiger partial charge in [-0.15, -0.1) is 0 Å². The van der Waals surface area contributed by atoms with Crippen LogP contribution in [0.3, 0.4) is 0 Å². The molecule has 0 fully saturated rings. The maximum Gasteiger partial charge on any atom is 0.180 e. The predicted octanol–water partition coefficient (Wildman–Crippen LogP) is 14.4. The molecule has 0 unspecified atom stereocenters. The molecule has 4 aromatic heterocycles. The molecule has 5 N–H and O–H groups in total. The van der Waals surface area contributed by atoms with Gasteiger partial charge in [-0.1, -0.05) is 82.9 Å². The van der Waals surface area contributed by atoms with Crippen LogP contribution < -0.4 is 28.4 Å². The van der Waals surface area contributed by atoms with Gasteiger partial charge < -0.3 is 58.5 Å². The Kier molecular flexibility index (Phi) is 22.5. The molecule has 0 saturated heterocycles. The summed E-state index contributed by atoms with van der Waals surface area (Å²) in [5, 5.41) is 52.4. The molecule has 92 heavy (non-hydrogen) atoms. The lowest BCUT2D eigenvalue weighted by Gasteiger charge is -2.11. The Balaban J connectivity index is 0.000000193. The van der Waals surface area contributed by atoms with Crippen molar-refractivity contribution in [1.82, 2.24) is 49.4 Å². The fourth-order valence-electron chi connectivity index (χ4n) is 8.98. The Morgan fingerprint density at radius 2 is 0.500 bits per heavy atom. The lowest BCUT2D eigenvalue weighted by molar-refractivity contribution is 0.407. The molecule has 0 amide bonds. The van der Waals surface area contributed by atoms with Crippen molar-refractivity contribution in [2.45, 2.75) is 22.3 Å². The van der Waals surface area contributed by atoms with E-state index in [-0.39, 0.29) is 74.3 Å². The smallest absolute Gasteiger partial charge is 0.180 e. The zero-order chi connectivity index (χ0) is 62.6. The molecule has 12 aromatic rings. The van der Waals surface area contributed by atoms with Crippen molar-refractivity contribution in [2.75, 3.05) is 42.7 Å². The number of phenols is 5. The van der Waals surface area contributed by atoms with Crippen LogP contribution in [0.1, 0.15) is 22.3 Å². The molecule has 21 nitrogen and oxygen atoms in total. The topological polar surface area (TPSA) is 277 Å². The van der Waals surface area contributed by atoms with Gasteiger partial charge in [0.1, 0.15) is 63.2 Å². The number of methoxy groups -OCH3 is 6. The summed E-state index contributed by atoms with van der Waals surface area (Å²) in [5.41, 5.74) is 5.41. The van der Waals surface area contributed by atoms with Crippen molar-refractivity contribution in [2.24, 2.45) is 7.05 Å². The van der Waals surface area contributed by atoms with Crippen LogP contribution in [-0.4, -0.2) is 118 Å². The molecule has 0 saturated carbocycles. The van der Waals surface area contributed by atoms with Gasteiger partial charge in [-0.05, 0) is 97.1 Å². The van der Waals surface area contributed by atoms with Crippen molar-refractivity contribution in [3.63, 3.8) is 0 Å². The third-order valence-corrected chi connectivity index (χ3v) is 13.7. The van der Waals surface area contributed by atoms with E-state index < -0.39 is 0 Å². The monoisotopic (exact) mass is 1240 g/mol. The Hall–Kier alpha value is -12.1. The second-order valence-corrected chi connectivity index (χ2v) is 19.3. The second-order valence-electron chi connectivity index (χ2n) is 19.3. The molecule has 12 rings (SSSR count). The highest BCUT2D eigenvalue weighted by molar-refractivity contribution is 5.75. The summed E-state index contributed by atoms with van der Waals surface area (Å²) in [5.74, 6) is 6.55. The van der Waals surface area contributed by atoms with Crippen LogP contribution in [0.15, 0.2) is 194 Å². The van der Waals surface area contributed by atoms with Gasteiger partial charge in [-0.2, -0.15) is 0 Å². The quantitative estimate of drug-likeness (QED) is 0.0638. The van der Waals surface area contributed by atoms with E-state index in [9.17, 15) is 25.5 Å². The van der Waals surface area contributed by atoms with Crippen molar-refractivity contribution in [3.8, 4) is 166 Å². The van der Waals surface area contributed by atoms with Crippen LogP contribution in [0.2, 0.25) is 0 Å². The molecule has 0 aliphatic rings. The first-order valence-electron chi connectivity index (χ1n) is 27.3. The molecule has 21 heteroatoms. The van der Waals surface area contributed by atoms with E-state index in [0.29, 0.717) is 91.4 Å². The molecule has 0 spiro atoms. The average molecular weight is 1240 g/mol. The normalized spacial score (nSPS) is 10.3. The molecule has 0 aliphatic carbocycles. The van der Waals surface area contributed by atoms with Crippen molar-refractivity contribution >= 4 is 0 Å². The van der Waals surface area contributed by atoms with E-state index in [2.05, 4.69) is 44.9 Å². The lowest BCUT2D eigenvalue weighted by atomic mass is 10.1. The fourth-order valence-corrected chi connectivity index (χ4v) is 8.98. The van der Waals surface area contributed by atoms with Crippen molar-refractivity contribution < 1.29 is 54.0 Å². The van der Waals surface area contributed by atoms with Crippen LogP contribution in [-0.2, 0) is 7.05 Å². The number of aryl methyl sites for hydroxylation is 1. The van der Waals surface area contributed by atoms with Crippen LogP contribution in [0.4, 0.5) is 0 Å². The number of aromatic hydroxyl groups is 5. The van der Waals surface area contributed by atoms with Gasteiger partial charge >= 0.3 is 0 Å². The van der Waals surface area contributed by atoms with Crippen LogP contribution >= 0.6 is 0 Å². The van der Waals surface area contributed by atoms with Crippen molar-refractivity contribution in [1.29, 1.82) is 0 Å². The number of hydrogen-bond donors (Lipinski definition) is 5. The van der Waals surface area contributed by atoms with E-state index in [1.54, 1.807) is 93.1 Å². The van der Waals surface area contributed by atoms with Gasteiger partial charge in [0.15, 0.2) is 52.4 Å². The molecular weight excluding hydrogens is 1170 g/mol. The summed E-state index contributed by atoms with van der Waals surface area (Å²) in [6, 6.07) is 55.0. The highest BCUT2D eigenvalue weighted by atomic mass is 16.5. The number of aromatic nitrogens is 10. The highest BCUT2D eigenvalue weighted by Crippen LogP contribution is 2.39. The Morgan fingerprint density at radius 1 is 0.261 bits per heavy atom. The first-order valence-corrected chi connectivity index (χ1v) is 27.3. The van der Waals surface area contributed by atoms with Gasteiger partial charge in [0, 0.05) is 60.3 Å². The number of hydrogen-bond acceptors (Lipinski definition) is 20. The molecule has 0 radical (unpaired) electrons. The highest BCUT2D eigenvalue weighted by Gasteiger charge is 2.21. The van der Waals surface area contributed by atoms with Gasteiger partial charge in [-0.25, -0.2) is 44.9 Å². The molecule has 0 bridgehead atoms. The largest absolute Gasteiger partial charge is 0.507 e. The number of phenolic OH excluding ortho intramolecular Hbond substituents is 5. The second kappa shape index (κ2) is 30.7. The van der Waals surface area contributed by atoms with E-state index in [1.165, 1.54) is 52.7 Å². The predicted molar refractivity (Wildman–Crippen MR) is 355 cm³/mol. The molecule has 4 heterocycles. The van der Waals surface area contributed by atoms with Crippen molar-refractivity contribution in [3.05, 3.63) is 194 Å². The first-order chi connectivity index (χ1) is 43.3. The summed E-state index contributed by atoms with van der Waals surface area (Å²) < 4.78 is 32.9. The third-order valence-electron chi connectivity index (χ3n) is 13.7. The first kappa shape index (κ1) is 67.4. The SMILES string of the molecule is C.C.C.COc1ccc(-c2nc(-c3ccc(OC)cc3O)nc(-c3ccc(OC)cc3O)n2)cc1.COc1ccc(-c2nc(-c3ccc(OC)cc3O)nc(-c3cccn3C)n2)c(O)c1.COc1ccc(-c2nc(-c3ccccc3)nc(-c3ccccc3)n2)c(O)c1. The van der Waals surface area contributed by atoms with Crippen LogP contribution in [0.5, 0.6) is 63.2 Å². The van der Waals surface area contributed by atoms with E-state index in [0.717, 1.165) is 22.4 Å². The summed E-state index contributed by atoms with van der Waals surface area (Å²) in [4.78, 5) is 41.1. The minimum absolute atomic E-state index is 0. The Labute approximate surface area is 533 Å². The molecule has 8 aromatic carbocycles. The van der Waals surface area contributed by atoms with Gasteiger partial charge in [-0.3, -0.25) is 0 Å². The van der Waals surface area contributed by atoms with Crippen LogP contribution in [0.25, 0.3) is 103 Å². The number of nitrogens with zero attached hydrogens (tertiary/aromatic N) is 10. The molecular formula is C71H70N10O11. The maximum absolute atomic E-state index is 10.5. The molecule has 470 valence electrons. The zero-order valence-corrected chi connectivity index (χ0v) is 49.1. The summed E-state index contributed by atoms with van der Waals surface area (Å²) >= 11 is 0. The fraction of sp³-hybridized carbons (Fsp3) is 0.141. The summed E-state index contributed by atoms with van der Waals surface area (Å²) in [6.45, 7) is 0. The molecule has 0 aliphatic heterocycles. The van der Waals surface area contributed by atoms with Crippen LogP contribution in [0, 0.1) is 0 Å². The standard InChI is InChI=1S/C24H21N3O5.C22H20N4O4.C22H17N3O2.3CH4/c1-30-15-6-4-14(5-7-15)22-25-23(18-10-8-16(31-2)12-20(18)28)27-24(26-22)19-11-9-17(32-3)13-21(19)29;1-26-10-4-5-17(26)22-24-20(15-8-6-13(29-2)11-18(15)27)23-21(25-22)16-9-7-14(30-3)12-19(16)28;1-27-17-12-13-18(19(26)14-17)22-24-20(15-8-4-2-5-9-15)23-21(25-22)16-10-6-3-7-11-16;;;/h4-13,28-29H,1-3H3;4-12,27-28H,1-3H3;2-14,26H,1H3;3*1H4. The minimum atomic E-state index is -0.0406. The van der Waals surface area contributed by atoms with E-state index >= 15 is 0 Å². The minimum Gasteiger partial charge on any atom is -0.507 e. The lowest BCUT2D eigenvalue weighted by Crippen LogP contribution is -2.03. The Bertz CT molecular complexity index is 4240. The third kappa shape index (κ3) is 15.4. The Morgan fingerprint density at radius 3 is 0.750 bits per heavy atom. The number of benzene rings is 8. The maximum atomic E-state index is 10.5.